The summed E-state index contributed by atoms with van der Waals surface area (Å²) in [6, 6.07) is 5.69. The van der Waals surface area contributed by atoms with Gasteiger partial charge in [-0.1, -0.05) is 0 Å². The van der Waals surface area contributed by atoms with Crippen molar-refractivity contribution >= 4 is 0 Å². The molecule has 0 aliphatic carbocycles. The first-order valence-electron chi connectivity index (χ1n) is 8.66. The van der Waals surface area contributed by atoms with Gasteiger partial charge in [0.15, 0.2) is 23.0 Å². The fourth-order valence-electron chi connectivity index (χ4n) is 4.22. The zero-order chi connectivity index (χ0) is 18.4. The Morgan fingerprint density at radius 2 is 1.65 bits per heavy atom. The van der Waals surface area contributed by atoms with Crippen LogP contribution >= 0.6 is 0 Å². The first-order valence-corrected chi connectivity index (χ1v) is 8.66. The topological polar surface area (TPSA) is 71.4 Å². The molecule has 26 heavy (non-hydrogen) atoms. The number of phenols is 2. The van der Waals surface area contributed by atoms with E-state index in [0.29, 0.717) is 23.7 Å². The van der Waals surface area contributed by atoms with Crippen LogP contribution in [0.25, 0.3) is 0 Å². The zero-order valence-electron chi connectivity index (χ0n) is 15.2. The number of phenolic OH excluding ortho intramolecular Hbond substituents is 2. The average molecular weight is 357 g/mol. The molecule has 2 N–H and O–H groups in total. The number of benzene rings is 2. The highest BCUT2D eigenvalue weighted by atomic mass is 16.5. The minimum absolute atomic E-state index is 0.0406. The van der Waals surface area contributed by atoms with Gasteiger partial charge in [-0.2, -0.15) is 0 Å². The van der Waals surface area contributed by atoms with E-state index in [1.165, 1.54) is 7.11 Å². The summed E-state index contributed by atoms with van der Waals surface area (Å²) < 4.78 is 16.0. The molecule has 2 aliphatic heterocycles. The summed E-state index contributed by atoms with van der Waals surface area (Å²) in [5, 5.41) is 21.0. The summed E-state index contributed by atoms with van der Waals surface area (Å²) in [5.41, 5.74) is 4.21. The number of nitrogens with zero attached hydrogens (tertiary/aromatic N) is 1. The zero-order valence-corrected chi connectivity index (χ0v) is 15.2. The molecule has 0 radical (unpaired) electrons. The van der Waals surface area contributed by atoms with Gasteiger partial charge < -0.3 is 24.4 Å². The van der Waals surface area contributed by atoms with Crippen molar-refractivity contribution in [1.82, 2.24) is 4.90 Å². The molecule has 0 saturated heterocycles. The number of ether oxygens (including phenoxy) is 3. The molecule has 0 bridgehead atoms. The molecule has 4 rings (SSSR count). The minimum atomic E-state index is 0.0406. The first-order chi connectivity index (χ1) is 12.6. The van der Waals surface area contributed by atoms with Gasteiger partial charge in [0.2, 0.25) is 5.75 Å². The number of rotatable bonds is 3. The van der Waals surface area contributed by atoms with E-state index < -0.39 is 0 Å². The lowest BCUT2D eigenvalue weighted by molar-refractivity contribution is 0.156. The molecule has 0 saturated carbocycles. The predicted molar refractivity (Wildman–Crippen MR) is 96.4 cm³/mol. The maximum atomic E-state index is 10.9. The molecule has 0 fully saturated rings. The largest absolute Gasteiger partial charge is 0.504 e. The molecule has 2 aromatic rings. The third-order valence-corrected chi connectivity index (χ3v) is 5.50. The Balaban J connectivity index is 1.80. The van der Waals surface area contributed by atoms with Crippen LogP contribution in [0.15, 0.2) is 18.2 Å². The average Bonchev–Trinajstić information content (AvgIpc) is 2.65. The number of aromatic hydroxyl groups is 2. The molecule has 138 valence electrons. The molecular formula is C20H23NO5. The van der Waals surface area contributed by atoms with Crippen molar-refractivity contribution in [2.24, 2.45) is 0 Å². The van der Waals surface area contributed by atoms with Gasteiger partial charge >= 0.3 is 0 Å². The number of hydrogen-bond acceptors (Lipinski definition) is 6. The standard InChI is InChI=1S/C20H23NO5/c1-24-16-9-13-10-21-5-4-11-8-17(25-2)20(26-3)19(23)18(11)14(21)6-12(13)7-15(16)22/h7-9,14,22-23H,4-6,10H2,1-3H3/t14-/m0/s1. The molecule has 2 aliphatic rings. The van der Waals surface area contributed by atoms with E-state index >= 15 is 0 Å². The summed E-state index contributed by atoms with van der Waals surface area (Å²) in [6.07, 6.45) is 1.55. The minimum Gasteiger partial charge on any atom is -0.504 e. The van der Waals surface area contributed by atoms with E-state index in [2.05, 4.69) is 4.90 Å². The number of methoxy groups -OCH3 is 3. The molecule has 2 aromatic carbocycles. The Kier molecular flexibility index (Phi) is 4.07. The summed E-state index contributed by atoms with van der Waals surface area (Å²) in [5.74, 6) is 1.71. The van der Waals surface area contributed by atoms with E-state index in [9.17, 15) is 10.2 Å². The predicted octanol–water partition coefficient (Wildman–Crippen LogP) is 2.78. The second-order valence-electron chi connectivity index (χ2n) is 6.77. The molecule has 0 amide bonds. The number of fused-ring (bicyclic) bond motifs is 4. The molecular weight excluding hydrogens is 334 g/mol. The van der Waals surface area contributed by atoms with Crippen LogP contribution in [0.5, 0.6) is 28.7 Å². The van der Waals surface area contributed by atoms with Crippen LogP contribution in [-0.4, -0.2) is 43.0 Å². The van der Waals surface area contributed by atoms with E-state index in [0.717, 1.165) is 41.8 Å². The SMILES string of the molecule is COc1cc2c(cc1O)C[C@H]1c3c(cc(OC)c(OC)c3O)CCN1C2. The smallest absolute Gasteiger partial charge is 0.203 e. The van der Waals surface area contributed by atoms with Gasteiger partial charge in [-0.3, -0.25) is 4.90 Å². The third kappa shape index (κ3) is 2.44. The fourth-order valence-corrected chi connectivity index (χ4v) is 4.22. The lowest BCUT2D eigenvalue weighted by Gasteiger charge is -2.42. The van der Waals surface area contributed by atoms with Gasteiger partial charge in [0.05, 0.1) is 21.3 Å². The van der Waals surface area contributed by atoms with Crippen LogP contribution in [0.1, 0.15) is 28.3 Å². The van der Waals surface area contributed by atoms with Gasteiger partial charge in [-0.25, -0.2) is 0 Å². The van der Waals surface area contributed by atoms with Gasteiger partial charge in [0, 0.05) is 24.7 Å². The quantitative estimate of drug-likeness (QED) is 0.880. The Hall–Kier alpha value is -2.60. The molecule has 1 atom stereocenters. The van der Waals surface area contributed by atoms with Crippen LogP contribution < -0.4 is 14.2 Å². The first kappa shape index (κ1) is 16.8. The highest BCUT2D eigenvalue weighted by Crippen LogP contribution is 2.49. The summed E-state index contributed by atoms with van der Waals surface area (Å²) in [7, 11) is 4.67. The third-order valence-electron chi connectivity index (χ3n) is 5.50. The lowest BCUT2D eigenvalue weighted by atomic mass is 9.83. The van der Waals surface area contributed by atoms with Crippen molar-refractivity contribution in [3.63, 3.8) is 0 Å². The highest BCUT2D eigenvalue weighted by Gasteiger charge is 2.36. The van der Waals surface area contributed by atoms with Crippen molar-refractivity contribution in [1.29, 1.82) is 0 Å². The Morgan fingerprint density at radius 3 is 2.35 bits per heavy atom. The van der Waals surface area contributed by atoms with Gasteiger partial charge in [0.25, 0.3) is 0 Å². The van der Waals surface area contributed by atoms with Crippen molar-refractivity contribution in [2.45, 2.75) is 25.4 Å². The van der Waals surface area contributed by atoms with Gasteiger partial charge in [0.1, 0.15) is 0 Å². The maximum Gasteiger partial charge on any atom is 0.203 e. The second kappa shape index (κ2) is 6.29. The van der Waals surface area contributed by atoms with E-state index in [-0.39, 0.29) is 17.5 Å². The van der Waals surface area contributed by atoms with E-state index in [1.807, 2.05) is 12.1 Å². The van der Waals surface area contributed by atoms with Crippen molar-refractivity contribution in [3.8, 4) is 28.7 Å². The molecule has 2 heterocycles. The van der Waals surface area contributed by atoms with Crippen molar-refractivity contribution in [3.05, 3.63) is 40.5 Å². The normalized spacial score (nSPS) is 18.5. The highest BCUT2D eigenvalue weighted by molar-refractivity contribution is 5.61. The number of hydrogen-bond donors (Lipinski definition) is 2. The van der Waals surface area contributed by atoms with Crippen molar-refractivity contribution in [2.75, 3.05) is 27.9 Å². The molecule has 6 heteroatoms. The summed E-state index contributed by atoms with van der Waals surface area (Å²) in [4.78, 5) is 2.35. The van der Waals surface area contributed by atoms with Crippen molar-refractivity contribution < 1.29 is 24.4 Å². The van der Waals surface area contributed by atoms with Crippen LogP contribution in [-0.2, 0) is 19.4 Å². The molecule has 6 nitrogen and oxygen atoms in total. The Bertz CT molecular complexity index is 864. The monoisotopic (exact) mass is 357 g/mol. The van der Waals surface area contributed by atoms with Crippen LogP contribution in [0, 0.1) is 0 Å². The van der Waals surface area contributed by atoms with Crippen LogP contribution in [0.3, 0.4) is 0 Å². The van der Waals surface area contributed by atoms with Gasteiger partial charge in [-0.05, 0) is 47.7 Å². The Morgan fingerprint density at radius 1 is 0.923 bits per heavy atom. The van der Waals surface area contributed by atoms with Gasteiger partial charge in [-0.15, -0.1) is 0 Å². The molecule has 0 unspecified atom stereocenters. The van der Waals surface area contributed by atoms with Crippen LogP contribution in [0.2, 0.25) is 0 Å². The summed E-state index contributed by atoms with van der Waals surface area (Å²) >= 11 is 0. The Labute approximate surface area is 152 Å². The summed E-state index contributed by atoms with van der Waals surface area (Å²) in [6.45, 7) is 1.65. The second-order valence-corrected chi connectivity index (χ2v) is 6.77. The maximum absolute atomic E-state index is 10.9. The lowest BCUT2D eigenvalue weighted by Crippen LogP contribution is -2.39. The molecule has 0 aromatic heterocycles. The molecule has 0 spiro atoms. The van der Waals surface area contributed by atoms with E-state index in [4.69, 9.17) is 14.2 Å². The van der Waals surface area contributed by atoms with Crippen LogP contribution in [0.4, 0.5) is 0 Å². The van der Waals surface area contributed by atoms with E-state index in [1.54, 1.807) is 20.3 Å². The fraction of sp³-hybridized carbons (Fsp3) is 0.400.